The van der Waals surface area contributed by atoms with Crippen LogP contribution in [-0.2, 0) is 20.7 Å². The van der Waals surface area contributed by atoms with Crippen LogP contribution in [0.2, 0.25) is 0 Å². The lowest BCUT2D eigenvalue weighted by molar-refractivity contribution is -0.151. The van der Waals surface area contributed by atoms with Gasteiger partial charge in [-0.05, 0) is 41.2 Å². The van der Waals surface area contributed by atoms with Crippen LogP contribution in [0, 0.1) is 12.8 Å². The first-order valence-electron chi connectivity index (χ1n) is 10.1. The van der Waals surface area contributed by atoms with Crippen molar-refractivity contribution in [2.24, 2.45) is 5.92 Å². The molecule has 4 heteroatoms. The Morgan fingerprint density at radius 2 is 1.57 bits per heavy atom. The summed E-state index contributed by atoms with van der Waals surface area (Å²) in [5, 5.41) is 9.59. The van der Waals surface area contributed by atoms with E-state index in [0.29, 0.717) is 6.42 Å². The summed E-state index contributed by atoms with van der Waals surface area (Å²) in [6, 6.07) is 24.0. The normalized spacial score (nSPS) is 13.4. The Morgan fingerprint density at radius 3 is 2.17 bits per heavy atom. The molecular formula is C26H24O4. The fourth-order valence-electron chi connectivity index (χ4n) is 4.25. The first-order chi connectivity index (χ1) is 14.5. The number of ether oxygens (including phenoxy) is 1. The van der Waals surface area contributed by atoms with Crippen LogP contribution in [-0.4, -0.2) is 23.7 Å². The fourth-order valence-corrected chi connectivity index (χ4v) is 4.25. The van der Waals surface area contributed by atoms with E-state index in [-0.39, 0.29) is 18.9 Å². The number of carboxylic acid groups (broad SMARTS) is 1. The first-order valence-corrected chi connectivity index (χ1v) is 10.1. The number of benzene rings is 3. The van der Waals surface area contributed by atoms with Crippen molar-refractivity contribution in [2.75, 3.05) is 6.61 Å². The summed E-state index contributed by atoms with van der Waals surface area (Å²) in [7, 11) is 0. The molecule has 1 atom stereocenters. The van der Waals surface area contributed by atoms with Gasteiger partial charge in [-0.3, -0.25) is 9.59 Å². The largest absolute Gasteiger partial charge is 0.481 e. The number of hydrogen-bond donors (Lipinski definition) is 1. The number of hydrogen-bond acceptors (Lipinski definition) is 3. The molecule has 0 heterocycles. The molecule has 0 spiro atoms. The molecule has 1 aliphatic rings. The van der Waals surface area contributed by atoms with E-state index in [9.17, 15) is 14.7 Å². The van der Waals surface area contributed by atoms with Crippen LogP contribution >= 0.6 is 0 Å². The maximum Gasteiger partial charge on any atom is 0.307 e. The van der Waals surface area contributed by atoms with Crippen LogP contribution in [0.5, 0.6) is 0 Å². The SMILES string of the molecule is Cc1cccc(C[C@@H](CC(=O)OCC2c3ccccc3-c3ccccc32)C(=O)O)c1. The smallest absolute Gasteiger partial charge is 0.307 e. The van der Waals surface area contributed by atoms with Gasteiger partial charge in [-0.15, -0.1) is 0 Å². The van der Waals surface area contributed by atoms with Gasteiger partial charge < -0.3 is 9.84 Å². The topological polar surface area (TPSA) is 63.6 Å². The molecule has 0 saturated carbocycles. The summed E-state index contributed by atoms with van der Waals surface area (Å²) in [6.07, 6.45) is 0.167. The molecule has 0 saturated heterocycles. The highest BCUT2D eigenvalue weighted by molar-refractivity contribution is 5.80. The molecule has 0 fully saturated rings. The Balaban J connectivity index is 1.43. The zero-order valence-electron chi connectivity index (χ0n) is 16.9. The maximum absolute atomic E-state index is 12.5. The van der Waals surface area contributed by atoms with Crippen molar-refractivity contribution in [3.63, 3.8) is 0 Å². The molecule has 30 heavy (non-hydrogen) atoms. The molecule has 0 aromatic heterocycles. The third kappa shape index (κ3) is 4.13. The molecule has 3 aromatic carbocycles. The van der Waals surface area contributed by atoms with Gasteiger partial charge in [0.25, 0.3) is 0 Å². The molecule has 0 amide bonds. The number of carbonyl (C=O) groups is 2. The van der Waals surface area contributed by atoms with Crippen LogP contribution in [0.3, 0.4) is 0 Å². The Labute approximate surface area is 176 Å². The summed E-state index contributed by atoms with van der Waals surface area (Å²) in [5.41, 5.74) is 6.59. The molecule has 3 aromatic rings. The van der Waals surface area contributed by atoms with Crippen molar-refractivity contribution >= 4 is 11.9 Å². The lowest BCUT2D eigenvalue weighted by atomic mass is 9.95. The first kappa shape index (κ1) is 19.9. The van der Waals surface area contributed by atoms with Crippen LogP contribution in [0.15, 0.2) is 72.8 Å². The Bertz CT molecular complexity index is 1040. The molecule has 0 unspecified atom stereocenters. The van der Waals surface area contributed by atoms with Gasteiger partial charge in [0.05, 0.1) is 12.3 Å². The van der Waals surface area contributed by atoms with Gasteiger partial charge in [-0.25, -0.2) is 0 Å². The molecular weight excluding hydrogens is 376 g/mol. The number of rotatable bonds is 7. The summed E-state index contributed by atoms with van der Waals surface area (Å²) in [5.74, 6) is -2.29. The highest BCUT2D eigenvalue weighted by Gasteiger charge is 2.30. The number of carbonyl (C=O) groups excluding carboxylic acids is 1. The number of fused-ring (bicyclic) bond motifs is 3. The Hall–Kier alpha value is -3.40. The second kappa shape index (κ2) is 8.54. The number of esters is 1. The van der Waals surface area contributed by atoms with Gasteiger partial charge in [-0.2, -0.15) is 0 Å². The minimum Gasteiger partial charge on any atom is -0.481 e. The second-order valence-corrected chi connectivity index (χ2v) is 7.84. The third-order valence-corrected chi connectivity index (χ3v) is 5.70. The van der Waals surface area contributed by atoms with Gasteiger partial charge >= 0.3 is 11.9 Å². The zero-order chi connectivity index (χ0) is 21.1. The molecule has 1 aliphatic carbocycles. The highest BCUT2D eigenvalue weighted by atomic mass is 16.5. The minimum atomic E-state index is -0.981. The van der Waals surface area contributed by atoms with Crippen LogP contribution in [0.25, 0.3) is 11.1 Å². The molecule has 4 rings (SSSR count). The standard InChI is InChI=1S/C26H24O4/c1-17-7-6-8-18(13-17)14-19(26(28)29)15-25(27)30-16-24-22-11-4-2-9-20(22)21-10-3-5-12-23(21)24/h2-13,19,24H,14-16H2,1H3,(H,28,29)/t19-/m0/s1. The van der Waals surface area contributed by atoms with Gasteiger partial charge in [0.2, 0.25) is 0 Å². The van der Waals surface area contributed by atoms with Crippen molar-refractivity contribution in [1.29, 1.82) is 0 Å². The Kier molecular flexibility index (Phi) is 5.66. The summed E-state index contributed by atoms with van der Waals surface area (Å²) >= 11 is 0. The average molecular weight is 400 g/mol. The van der Waals surface area contributed by atoms with Gasteiger partial charge in [0.1, 0.15) is 6.61 Å². The summed E-state index contributed by atoms with van der Waals surface area (Å²) < 4.78 is 5.58. The average Bonchev–Trinajstić information content (AvgIpc) is 3.06. The van der Waals surface area contributed by atoms with E-state index in [1.807, 2.05) is 55.5 Å². The predicted molar refractivity (Wildman–Crippen MR) is 115 cm³/mol. The van der Waals surface area contributed by atoms with E-state index in [0.717, 1.165) is 33.4 Å². The van der Waals surface area contributed by atoms with Crippen molar-refractivity contribution < 1.29 is 19.4 Å². The molecule has 4 nitrogen and oxygen atoms in total. The Morgan fingerprint density at radius 1 is 0.933 bits per heavy atom. The predicted octanol–water partition coefficient (Wildman–Crippen LogP) is 4.98. The maximum atomic E-state index is 12.5. The summed E-state index contributed by atoms with van der Waals surface area (Å²) in [4.78, 5) is 24.2. The summed E-state index contributed by atoms with van der Waals surface area (Å²) in [6.45, 7) is 2.18. The quantitative estimate of drug-likeness (QED) is 0.568. The monoisotopic (exact) mass is 400 g/mol. The van der Waals surface area contributed by atoms with Gasteiger partial charge in [0, 0.05) is 5.92 Å². The molecule has 0 bridgehead atoms. The third-order valence-electron chi connectivity index (χ3n) is 5.70. The zero-order valence-corrected chi connectivity index (χ0v) is 16.9. The number of carboxylic acids is 1. The van der Waals surface area contributed by atoms with Crippen molar-refractivity contribution in [1.82, 2.24) is 0 Å². The van der Waals surface area contributed by atoms with Crippen LogP contribution in [0.4, 0.5) is 0 Å². The minimum absolute atomic E-state index is 0.0265. The van der Waals surface area contributed by atoms with E-state index in [1.54, 1.807) is 0 Å². The van der Waals surface area contributed by atoms with Crippen molar-refractivity contribution in [2.45, 2.75) is 25.7 Å². The van der Waals surface area contributed by atoms with Crippen LogP contribution in [0.1, 0.15) is 34.6 Å². The van der Waals surface area contributed by atoms with E-state index in [2.05, 4.69) is 24.3 Å². The molecule has 1 N–H and O–H groups in total. The van der Waals surface area contributed by atoms with E-state index in [4.69, 9.17) is 4.74 Å². The second-order valence-electron chi connectivity index (χ2n) is 7.84. The highest BCUT2D eigenvalue weighted by Crippen LogP contribution is 2.44. The van der Waals surface area contributed by atoms with Crippen LogP contribution < -0.4 is 0 Å². The fraction of sp³-hybridized carbons (Fsp3) is 0.231. The number of aryl methyl sites for hydroxylation is 1. The van der Waals surface area contributed by atoms with Crippen molar-refractivity contribution in [3.8, 4) is 11.1 Å². The van der Waals surface area contributed by atoms with Crippen molar-refractivity contribution in [3.05, 3.63) is 95.1 Å². The van der Waals surface area contributed by atoms with Gasteiger partial charge in [0.15, 0.2) is 0 Å². The van der Waals surface area contributed by atoms with E-state index < -0.39 is 17.9 Å². The molecule has 0 radical (unpaired) electrons. The number of aliphatic carboxylic acids is 1. The lowest BCUT2D eigenvalue weighted by Gasteiger charge is -2.16. The molecule has 152 valence electrons. The van der Waals surface area contributed by atoms with Gasteiger partial charge in [-0.1, -0.05) is 78.4 Å². The van der Waals surface area contributed by atoms with E-state index in [1.165, 1.54) is 0 Å². The van der Waals surface area contributed by atoms with E-state index >= 15 is 0 Å². The molecule has 0 aliphatic heterocycles. The lowest BCUT2D eigenvalue weighted by Crippen LogP contribution is -2.22.